The van der Waals surface area contributed by atoms with Crippen LogP contribution in [0.3, 0.4) is 0 Å². The molecule has 1 atom stereocenters. The minimum atomic E-state index is -3.79. The maximum Gasteiger partial charge on any atom is 0.243 e. The zero-order chi connectivity index (χ0) is 23.0. The Kier molecular flexibility index (Phi) is 8.63. The molecule has 2 aromatic carbocycles. The van der Waals surface area contributed by atoms with Crippen LogP contribution < -0.4 is 10.1 Å². The molecule has 8 nitrogen and oxygen atoms in total. The van der Waals surface area contributed by atoms with E-state index < -0.39 is 16.1 Å². The van der Waals surface area contributed by atoms with E-state index in [1.807, 2.05) is 0 Å². The Bertz CT molecular complexity index is 961. The molecule has 0 spiro atoms. The van der Waals surface area contributed by atoms with Crippen LogP contribution in [0.1, 0.15) is 18.0 Å². The number of rotatable bonds is 10. The molecule has 1 fully saturated rings. The first-order valence-electron chi connectivity index (χ1n) is 10.7. The zero-order valence-electron chi connectivity index (χ0n) is 18.6. The molecule has 32 heavy (non-hydrogen) atoms. The largest absolute Gasteiger partial charge is 0.497 e. The number of hydrogen-bond acceptors (Lipinski definition) is 6. The fourth-order valence-electron chi connectivity index (χ4n) is 3.63. The maximum atomic E-state index is 13.2. The molecule has 0 bridgehead atoms. The smallest absolute Gasteiger partial charge is 0.243 e. The van der Waals surface area contributed by atoms with Crippen LogP contribution in [0.5, 0.6) is 5.75 Å². The molecule has 9 heteroatoms. The summed E-state index contributed by atoms with van der Waals surface area (Å²) in [5.41, 5.74) is 0.719. The van der Waals surface area contributed by atoms with E-state index in [0.29, 0.717) is 25.5 Å². The molecule has 0 aliphatic carbocycles. The fraction of sp³-hybridized carbons (Fsp3) is 0.435. The van der Waals surface area contributed by atoms with E-state index in [1.165, 1.54) is 11.4 Å². The normalized spacial score (nSPS) is 16.0. The van der Waals surface area contributed by atoms with Crippen molar-refractivity contribution in [3.8, 4) is 5.75 Å². The minimum absolute atomic E-state index is 0.0119. The van der Waals surface area contributed by atoms with E-state index in [9.17, 15) is 13.2 Å². The summed E-state index contributed by atoms with van der Waals surface area (Å²) in [5, 5.41) is 2.93. The molecule has 3 rings (SSSR count). The van der Waals surface area contributed by atoms with Gasteiger partial charge in [-0.3, -0.25) is 9.69 Å². The van der Waals surface area contributed by atoms with Gasteiger partial charge in [0.1, 0.15) is 5.75 Å². The van der Waals surface area contributed by atoms with Crippen molar-refractivity contribution in [1.29, 1.82) is 0 Å². The van der Waals surface area contributed by atoms with Crippen molar-refractivity contribution in [2.45, 2.75) is 17.4 Å². The van der Waals surface area contributed by atoms with Gasteiger partial charge in [-0.15, -0.1) is 0 Å². The molecule has 174 valence electrons. The lowest BCUT2D eigenvalue weighted by Gasteiger charge is -2.28. The fourth-order valence-corrected chi connectivity index (χ4v) is 5.00. The molecule has 0 radical (unpaired) electrons. The molecular formula is C23H31N3O5S. The molecule has 1 saturated heterocycles. The van der Waals surface area contributed by atoms with Gasteiger partial charge in [-0.1, -0.05) is 30.3 Å². The van der Waals surface area contributed by atoms with E-state index in [1.54, 1.807) is 61.7 Å². The molecule has 0 aromatic heterocycles. The summed E-state index contributed by atoms with van der Waals surface area (Å²) in [6.45, 7) is 4.35. The number of nitrogens with one attached hydrogen (secondary N) is 1. The highest BCUT2D eigenvalue weighted by molar-refractivity contribution is 7.89. The number of amides is 1. The Labute approximate surface area is 190 Å². The molecule has 1 N–H and O–H groups in total. The van der Waals surface area contributed by atoms with E-state index in [-0.39, 0.29) is 17.2 Å². The number of methoxy groups -OCH3 is 1. The van der Waals surface area contributed by atoms with Crippen LogP contribution in [0.2, 0.25) is 0 Å². The van der Waals surface area contributed by atoms with E-state index in [0.717, 1.165) is 25.2 Å². The first kappa shape index (κ1) is 24.2. The summed E-state index contributed by atoms with van der Waals surface area (Å²) in [7, 11) is -0.703. The molecule has 1 aliphatic rings. The first-order valence-corrected chi connectivity index (χ1v) is 12.1. The number of benzene rings is 2. The van der Waals surface area contributed by atoms with Gasteiger partial charge >= 0.3 is 0 Å². The van der Waals surface area contributed by atoms with Gasteiger partial charge in [0.2, 0.25) is 15.9 Å². The lowest BCUT2D eigenvalue weighted by molar-refractivity contribution is -0.122. The van der Waals surface area contributed by atoms with Crippen LogP contribution in [-0.4, -0.2) is 77.1 Å². The second-order valence-corrected chi connectivity index (χ2v) is 9.63. The molecule has 1 aliphatic heterocycles. The second kappa shape index (κ2) is 11.4. The molecule has 2 aromatic rings. The van der Waals surface area contributed by atoms with Crippen LogP contribution in [0.4, 0.5) is 0 Å². The maximum absolute atomic E-state index is 13.2. The van der Waals surface area contributed by atoms with Crippen LogP contribution in [-0.2, 0) is 19.6 Å². The number of nitrogens with zero attached hydrogens (tertiary/aromatic N) is 2. The van der Waals surface area contributed by atoms with Gasteiger partial charge in [0.25, 0.3) is 0 Å². The number of hydrogen-bond donors (Lipinski definition) is 1. The van der Waals surface area contributed by atoms with Crippen molar-refractivity contribution in [3.63, 3.8) is 0 Å². The molecular weight excluding hydrogens is 430 g/mol. The number of morpholine rings is 1. The van der Waals surface area contributed by atoms with Crippen molar-refractivity contribution in [1.82, 2.24) is 14.5 Å². The van der Waals surface area contributed by atoms with E-state index >= 15 is 0 Å². The van der Waals surface area contributed by atoms with Crippen molar-refractivity contribution >= 4 is 15.9 Å². The lowest BCUT2D eigenvalue weighted by atomic mass is 10.0. The number of carbonyl (C=O) groups excluding carboxylic acids is 1. The van der Waals surface area contributed by atoms with Gasteiger partial charge in [-0.25, -0.2) is 8.42 Å². The second-order valence-electron chi connectivity index (χ2n) is 7.63. The Morgan fingerprint density at radius 2 is 1.78 bits per heavy atom. The zero-order valence-corrected chi connectivity index (χ0v) is 19.4. The van der Waals surface area contributed by atoms with Crippen molar-refractivity contribution in [2.24, 2.45) is 0 Å². The average molecular weight is 462 g/mol. The number of carbonyl (C=O) groups is 1. The monoisotopic (exact) mass is 461 g/mol. The lowest BCUT2D eigenvalue weighted by Crippen LogP contribution is -2.42. The third-order valence-corrected chi connectivity index (χ3v) is 7.47. The first-order chi connectivity index (χ1) is 15.4. The number of sulfonamides is 1. The van der Waals surface area contributed by atoms with Crippen LogP contribution in [0, 0.1) is 0 Å². The third-order valence-electron chi connectivity index (χ3n) is 5.59. The summed E-state index contributed by atoms with van der Waals surface area (Å²) >= 11 is 0. The average Bonchev–Trinajstić information content (AvgIpc) is 2.83. The molecule has 0 saturated carbocycles. The van der Waals surface area contributed by atoms with Gasteiger partial charge in [0.15, 0.2) is 0 Å². The predicted molar refractivity (Wildman–Crippen MR) is 122 cm³/mol. The Morgan fingerprint density at radius 3 is 2.41 bits per heavy atom. The summed E-state index contributed by atoms with van der Waals surface area (Å²) in [6.07, 6.45) is 0.0119. The van der Waals surface area contributed by atoms with Gasteiger partial charge in [0.05, 0.1) is 31.3 Å². The summed E-state index contributed by atoms with van der Waals surface area (Å²) in [6, 6.07) is 14.7. The van der Waals surface area contributed by atoms with Gasteiger partial charge in [-0.05, 0) is 29.8 Å². The Balaban J connectivity index is 1.73. The summed E-state index contributed by atoms with van der Waals surface area (Å²) in [5.74, 6) is 0.463. The van der Waals surface area contributed by atoms with Crippen LogP contribution in [0.25, 0.3) is 0 Å². The highest BCUT2D eigenvalue weighted by Crippen LogP contribution is 2.30. The van der Waals surface area contributed by atoms with Crippen molar-refractivity contribution < 1.29 is 22.7 Å². The number of ether oxygens (including phenoxy) is 2. The standard InChI is InChI=1S/C23H31N3O5S/c1-25(32(28,29)21-6-4-3-5-7-21)22(19-8-10-20(30-2)11-9-19)18-23(27)24-12-13-26-14-16-31-17-15-26/h3-11,22H,12-18H2,1-2H3,(H,24,27)/t22-/m1/s1. The Morgan fingerprint density at radius 1 is 1.12 bits per heavy atom. The summed E-state index contributed by atoms with van der Waals surface area (Å²) < 4.78 is 38.3. The molecule has 1 amide bonds. The minimum Gasteiger partial charge on any atom is -0.497 e. The van der Waals surface area contributed by atoms with Gasteiger partial charge in [0, 0.05) is 39.6 Å². The Hall–Kier alpha value is -2.46. The highest BCUT2D eigenvalue weighted by Gasteiger charge is 2.30. The molecule has 0 unspecified atom stereocenters. The van der Waals surface area contributed by atoms with Gasteiger partial charge < -0.3 is 14.8 Å². The summed E-state index contributed by atoms with van der Waals surface area (Å²) in [4.78, 5) is 15.2. The van der Waals surface area contributed by atoms with Crippen LogP contribution in [0.15, 0.2) is 59.5 Å². The van der Waals surface area contributed by atoms with Crippen LogP contribution >= 0.6 is 0 Å². The third kappa shape index (κ3) is 6.29. The van der Waals surface area contributed by atoms with E-state index in [2.05, 4.69) is 10.2 Å². The van der Waals surface area contributed by atoms with Crippen molar-refractivity contribution in [2.75, 3.05) is 53.6 Å². The SMILES string of the molecule is COc1ccc([C@@H](CC(=O)NCCN2CCOCC2)N(C)S(=O)(=O)c2ccccc2)cc1. The molecule has 1 heterocycles. The van der Waals surface area contributed by atoms with E-state index in [4.69, 9.17) is 9.47 Å². The topological polar surface area (TPSA) is 88.2 Å². The predicted octanol–water partition coefficient (Wildman–Crippen LogP) is 1.90. The highest BCUT2D eigenvalue weighted by atomic mass is 32.2. The quantitative estimate of drug-likeness (QED) is 0.581. The van der Waals surface area contributed by atoms with Gasteiger partial charge in [-0.2, -0.15) is 4.31 Å². The van der Waals surface area contributed by atoms with Crippen molar-refractivity contribution in [3.05, 3.63) is 60.2 Å².